The molecule has 0 amide bonds. The SMILES string of the molecule is CCCCN(CCO)c1ccc(Br)cc1C(C)NCC. The van der Waals surface area contributed by atoms with E-state index in [1.807, 2.05) is 0 Å². The highest BCUT2D eigenvalue weighted by Crippen LogP contribution is 2.29. The van der Waals surface area contributed by atoms with Gasteiger partial charge in [0.2, 0.25) is 0 Å². The van der Waals surface area contributed by atoms with Gasteiger partial charge in [-0.25, -0.2) is 0 Å². The van der Waals surface area contributed by atoms with E-state index in [1.165, 1.54) is 11.3 Å². The summed E-state index contributed by atoms with van der Waals surface area (Å²) in [5.74, 6) is 0. The van der Waals surface area contributed by atoms with Gasteiger partial charge in [-0.3, -0.25) is 0 Å². The molecule has 0 bridgehead atoms. The van der Waals surface area contributed by atoms with Gasteiger partial charge in [-0.2, -0.15) is 0 Å². The number of hydrogen-bond donors (Lipinski definition) is 2. The van der Waals surface area contributed by atoms with Gasteiger partial charge >= 0.3 is 0 Å². The third-order valence-electron chi connectivity index (χ3n) is 3.46. The summed E-state index contributed by atoms with van der Waals surface area (Å²) in [5.41, 5.74) is 2.51. The Morgan fingerprint density at radius 2 is 2.05 bits per heavy atom. The van der Waals surface area contributed by atoms with E-state index >= 15 is 0 Å². The predicted octanol–water partition coefficient (Wildman–Crippen LogP) is 3.72. The van der Waals surface area contributed by atoms with Crippen LogP contribution in [0.1, 0.15) is 45.2 Å². The Balaban J connectivity index is 3.05. The van der Waals surface area contributed by atoms with Crippen molar-refractivity contribution >= 4 is 21.6 Å². The van der Waals surface area contributed by atoms with Crippen molar-refractivity contribution in [2.75, 3.05) is 31.1 Å². The molecule has 0 heterocycles. The summed E-state index contributed by atoms with van der Waals surface area (Å²) in [6, 6.07) is 6.71. The van der Waals surface area contributed by atoms with Gasteiger partial charge < -0.3 is 15.3 Å². The Hall–Kier alpha value is -0.580. The lowest BCUT2D eigenvalue weighted by molar-refractivity contribution is 0.301. The molecular formula is C16H27BrN2O. The monoisotopic (exact) mass is 342 g/mol. The number of aliphatic hydroxyl groups excluding tert-OH is 1. The topological polar surface area (TPSA) is 35.5 Å². The van der Waals surface area contributed by atoms with E-state index < -0.39 is 0 Å². The number of unbranched alkanes of at least 4 members (excludes halogenated alkanes) is 1. The highest BCUT2D eigenvalue weighted by atomic mass is 79.9. The van der Waals surface area contributed by atoms with Crippen molar-refractivity contribution in [2.24, 2.45) is 0 Å². The summed E-state index contributed by atoms with van der Waals surface area (Å²) in [5, 5.41) is 12.8. The Kier molecular flexibility index (Phi) is 8.19. The fourth-order valence-electron chi connectivity index (χ4n) is 2.40. The molecule has 1 rings (SSSR count). The number of aliphatic hydroxyl groups is 1. The Morgan fingerprint density at radius 3 is 2.65 bits per heavy atom. The first-order valence-corrected chi connectivity index (χ1v) is 8.31. The Labute approximate surface area is 131 Å². The minimum Gasteiger partial charge on any atom is -0.395 e. The summed E-state index contributed by atoms with van der Waals surface area (Å²) >= 11 is 3.56. The van der Waals surface area contributed by atoms with Crippen molar-refractivity contribution in [2.45, 2.75) is 39.7 Å². The van der Waals surface area contributed by atoms with Crippen LogP contribution in [0.25, 0.3) is 0 Å². The molecule has 0 radical (unpaired) electrons. The third-order valence-corrected chi connectivity index (χ3v) is 3.95. The number of nitrogens with one attached hydrogen (secondary N) is 1. The fraction of sp³-hybridized carbons (Fsp3) is 0.625. The van der Waals surface area contributed by atoms with Crippen molar-refractivity contribution < 1.29 is 5.11 Å². The van der Waals surface area contributed by atoms with Gasteiger partial charge in [0, 0.05) is 29.3 Å². The molecule has 0 aliphatic rings. The number of hydrogen-bond acceptors (Lipinski definition) is 3. The molecule has 0 spiro atoms. The minimum absolute atomic E-state index is 0.189. The van der Waals surface area contributed by atoms with E-state index in [-0.39, 0.29) is 6.61 Å². The lowest BCUT2D eigenvalue weighted by atomic mass is 10.0. The lowest BCUT2D eigenvalue weighted by Gasteiger charge is -2.29. The van der Waals surface area contributed by atoms with Crippen LogP contribution in [0.15, 0.2) is 22.7 Å². The molecule has 1 unspecified atom stereocenters. The summed E-state index contributed by atoms with van der Waals surface area (Å²) in [6.07, 6.45) is 2.31. The van der Waals surface area contributed by atoms with Gasteiger partial charge in [-0.1, -0.05) is 36.2 Å². The van der Waals surface area contributed by atoms with Crippen molar-refractivity contribution in [3.8, 4) is 0 Å². The standard InChI is InChI=1S/C16H27BrN2O/c1-4-6-9-19(10-11-20)16-8-7-14(17)12-15(16)13(3)18-5-2/h7-8,12-13,18,20H,4-6,9-11H2,1-3H3. The molecule has 0 aliphatic heterocycles. The van der Waals surface area contributed by atoms with Crippen LogP contribution in [0.5, 0.6) is 0 Å². The zero-order valence-electron chi connectivity index (χ0n) is 12.8. The number of rotatable bonds is 9. The smallest absolute Gasteiger partial charge is 0.0606 e. The van der Waals surface area contributed by atoms with Gasteiger partial charge in [-0.05, 0) is 43.7 Å². The van der Waals surface area contributed by atoms with Crippen LogP contribution in [0, 0.1) is 0 Å². The Morgan fingerprint density at radius 1 is 1.30 bits per heavy atom. The molecule has 20 heavy (non-hydrogen) atoms. The van der Waals surface area contributed by atoms with Crippen molar-refractivity contribution in [3.05, 3.63) is 28.2 Å². The average Bonchev–Trinajstić information content (AvgIpc) is 2.44. The van der Waals surface area contributed by atoms with Crippen LogP contribution in [-0.2, 0) is 0 Å². The maximum atomic E-state index is 9.32. The summed E-state index contributed by atoms with van der Waals surface area (Å²) in [4.78, 5) is 2.29. The van der Waals surface area contributed by atoms with Gasteiger partial charge in [0.15, 0.2) is 0 Å². The van der Waals surface area contributed by atoms with E-state index in [2.05, 4.69) is 65.1 Å². The van der Waals surface area contributed by atoms with Crippen LogP contribution in [0.4, 0.5) is 5.69 Å². The van der Waals surface area contributed by atoms with Crippen molar-refractivity contribution in [1.29, 1.82) is 0 Å². The minimum atomic E-state index is 0.189. The Bertz CT molecular complexity index is 398. The maximum Gasteiger partial charge on any atom is 0.0606 e. The van der Waals surface area contributed by atoms with E-state index in [0.717, 1.165) is 30.4 Å². The number of benzene rings is 1. The quantitative estimate of drug-likeness (QED) is 0.717. The highest BCUT2D eigenvalue weighted by Gasteiger charge is 2.15. The second-order valence-corrected chi connectivity index (χ2v) is 5.96. The molecule has 0 aliphatic carbocycles. The first kappa shape index (κ1) is 17.5. The molecule has 0 fully saturated rings. The number of nitrogens with zero attached hydrogens (tertiary/aromatic N) is 1. The van der Waals surface area contributed by atoms with Crippen LogP contribution < -0.4 is 10.2 Å². The summed E-state index contributed by atoms with van der Waals surface area (Å²) in [6.45, 7) is 9.32. The van der Waals surface area contributed by atoms with E-state index in [9.17, 15) is 5.11 Å². The fourth-order valence-corrected chi connectivity index (χ4v) is 2.78. The van der Waals surface area contributed by atoms with Gasteiger partial charge in [0.05, 0.1) is 6.61 Å². The van der Waals surface area contributed by atoms with Crippen molar-refractivity contribution in [1.82, 2.24) is 5.32 Å². The third kappa shape index (κ3) is 5.08. The van der Waals surface area contributed by atoms with Gasteiger partial charge in [0.1, 0.15) is 0 Å². The zero-order chi connectivity index (χ0) is 15.0. The number of halogens is 1. The van der Waals surface area contributed by atoms with Crippen LogP contribution in [0.3, 0.4) is 0 Å². The second-order valence-electron chi connectivity index (χ2n) is 5.05. The van der Waals surface area contributed by atoms with Crippen LogP contribution >= 0.6 is 15.9 Å². The molecule has 1 aromatic rings. The molecule has 1 aromatic carbocycles. The largest absolute Gasteiger partial charge is 0.395 e. The first-order valence-electron chi connectivity index (χ1n) is 7.52. The second kappa shape index (κ2) is 9.37. The molecule has 114 valence electrons. The maximum absolute atomic E-state index is 9.32. The molecular weight excluding hydrogens is 316 g/mol. The zero-order valence-corrected chi connectivity index (χ0v) is 14.4. The molecule has 0 aromatic heterocycles. The summed E-state index contributed by atoms with van der Waals surface area (Å²) in [7, 11) is 0. The molecule has 0 saturated heterocycles. The molecule has 1 atom stereocenters. The number of anilines is 1. The molecule has 2 N–H and O–H groups in total. The average molecular weight is 343 g/mol. The van der Waals surface area contributed by atoms with Crippen molar-refractivity contribution in [3.63, 3.8) is 0 Å². The van der Waals surface area contributed by atoms with Crippen LogP contribution in [-0.4, -0.2) is 31.3 Å². The summed E-state index contributed by atoms with van der Waals surface area (Å²) < 4.78 is 1.10. The molecule has 3 nitrogen and oxygen atoms in total. The van der Waals surface area contributed by atoms with Gasteiger partial charge in [-0.15, -0.1) is 0 Å². The normalized spacial score (nSPS) is 12.4. The molecule has 0 saturated carbocycles. The highest BCUT2D eigenvalue weighted by molar-refractivity contribution is 9.10. The first-order chi connectivity index (χ1) is 9.63. The van der Waals surface area contributed by atoms with E-state index in [0.29, 0.717) is 12.6 Å². The molecule has 4 heteroatoms. The van der Waals surface area contributed by atoms with Gasteiger partial charge in [0.25, 0.3) is 0 Å². The van der Waals surface area contributed by atoms with E-state index in [4.69, 9.17) is 0 Å². The predicted molar refractivity (Wildman–Crippen MR) is 90.4 cm³/mol. The lowest BCUT2D eigenvalue weighted by Crippen LogP contribution is -2.30. The van der Waals surface area contributed by atoms with E-state index in [1.54, 1.807) is 0 Å². The van der Waals surface area contributed by atoms with Crippen LogP contribution in [0.2, 0.25) is 0 Å².